The van der Waals surface area contributed by atoms with Crippen molar-refractivity contribution in [3.05, 3.63) is 64.2 Å². The van der Waals surface area contributed by atoms with Gasteiger partial charge in [-0.25, -0.2) is 8.42 Å². The molecule has 0 fully saturated rings. The van der Waals surface area contributed by atoms with Crippen LogP contribution in [0.15, 0.2) is 52.9 Å². The van der Waals surface area contributed by atoms with E-state index in [4.69, 9.17) is 4.74 Å². The largest absolute Gasteiger partial charge is 0.495 e. The van der Waals surface area contributed by atoms with Gasteiger partial charge in [0.1, 0.15) is 18.0 Å². The van der Waals surface area contributed by atoms with Gasteiger partial charge >= 0.3 is 0 Å². The number of ether oxygens (including phenoxy) is 1. The fourth-order valence-electron chi connectivity index (χ4n) is 2.70. The number of carbonyl (C=O) groups is 1. The summed E-state index contributed by atoms with van der Waals surface area (Å²) in [5.74, 6) is 0.0526. The maximum Gasteiger partial charge on any atom is 0.271 e. The molecule has 0 aliphatic rings. The summed E-state index contributed by atoms with van der Waals surface area (Å²) in [7, 11) is -2.69. The number of benzene rings is 2. The number of hydrogen-bond donors (Lipinski definition) is 1. The van der Waals surface area contributed by atoms with E-state index < -0.39 is 27.4 Å². The Morgan fingerprint density at radius 2 is 1.97 bits per heavy atom. The summed E-state index contributed by atoms with van der Waals surface area (Å²) < 4.78 is 31.3. The van der Waals surface area contributed by atoms with Crippen LogP contribution in [0.5, 0.6) is 5.75 Å². The highest BCUT2D eigenvalue weighted by Gasteiger charge is 2.26. The van der Waals surface area contributed by atoms with Crippen LogP contribution in [-0.4, -0.2) is 49.4 Å². The molecule has 0 unspecified atom stereocenters. The van der Waals surface area contributed by atoms with Crippen molar-refractivity contribution >= 4 is 55.5 Å². The van der Waals surface area contributed by atoms with Crippen LogP contribution in [0.25, 0.3) is 0 Å². The number of amides is 1. The van der Waals surface area contributed by atoms with Crippen LogP contribution < -0.4 is 14.4 Å². The number of nitro benzene ring substituents is 1. The zero-order chi connectivity index (χ0) is 24.0. The number of nitrogens with zero attached hydrogens (tertiary/aromatic N) is 4. The Bertz CT molecular complexity index is 1250. The molecule has 1 amide bonds. The van der Waals surface area contributed by atoms with Gasteiger partial charge in [-0.15, -0.1) is 10.2 Å². The van der Waals surface area contributed by atoms with Gasteiger partial charge in [-0.1, -0.05) is 53.4 Å². The third-order valence-corrected chi connectivity index (χ3v) is 7.36. The minimum Gasteiger partial charge on any atom is -0.495 e. The number of sulfonamides is 1. The van der Waals surface area contributed by atoms with Gasteiger partial charge in [0.05, 0.1) is 18.3 Å². The third kappa shape index (κ3) is 6.63. The molecular formula is C19H19N5O6S3. The van der Waals surface area contributed by atoms with E-state index in [1.807, 2.05) is 30.3 Å². The predicted molar refractivity (Wildman–Crippen MR) is 126 cm³/mol. The number of nitro groups is 1. The fourth-order valence-corrected chi connectivity index (χ4v) is 5.27. The molecule has 0 aliphatic carbocycles. The Hall–Kier alpha value is -3.23. The van der Waals surface area contributed by atoms with Crippen LogP contribution in [0.1, 0.15) is 5.56 Å². The lowest BCUT2D eigenvalue weighted by atomic mass is 10.2. The monoisotopic (exact) mass is 509 g/mol. The number of methoxy groups -OCH3 is 1. The van der Waals surface area contributed by atoms with Crippen LogP contribution in [0, 0.1) is 10.1 Å². The Balaban J connectivity index is 1.73. The summed E-state index contributed by atoms with van der Waals surface area (Å²) in [4.78, 5) is 23.1. The SMILES string of the molecule is COc1ccc([N+](=O)[O-])cc1N(CC(=O)Nc1nnc(SCc2ccccc2)s1)S(C)(=O)=O. The van der Waals surface area contributed by atoms with Crippen LogP contribution in [-0.2, 0) is 20.6 Å². The molecule has 2 aromatic carbocycles. The van der Waals surface area contributed by atoms with Gasteiger partial charge in [-0.2, -0.15) is 0 Å². The molecule has 11 nitrogen and oxygen atoms in total. The Kier molecular flexibility index (Phi) is 7.84. The molecule has 14 heteroatoms. The number of carbonyl (C=O) groups excluding carboxylic acids is 1. The molecule has 0 saturated heterocycles. The Morgan fingerprint density at radius 1 is 1.24 bits per heavy atom. The van der Waals surface area contributed by atoms with Crippen LogP contribution in [0.2, 0.25) is 0 Å². The van der Waals surface area contributed by atoms with Crippen molar-refractivity contribution in [1.82, 2.24) is 10.2 Å². The summed E-state index contributed by atoms with van der Waals surface area (Å²) in [5, 5.41) is 21.8. The normalized spacial score (nSPS) is 11.1. The fraction of sp³-hybridized carbons (Fsp3) is 0.211. The van der Waals surface area contributed by atoms with Crippen molar-refractivity contribution in [2.75, 3.05) is 29.5 Å². The van der Waals surface area contributed by atoms with Crippen molar-refractivity contribution in [2.24, 2.45) is 0 Å². The second-order valence-electron chi connectivity index (χ2n) is 6.58. The molecule has 0 bridgehead atoms. The molecule has 3 rings (SSSR count). The maximum atomic E-state index is 12.6. The number of thioether (sulfide) groups is 1. The van der Waals surface area contributed by atoms with Crippen molar-refractivity contribution in [3.8, 4) is 5.75 Å². The highest BCUT2D eigenvalue weighted by Crippen LogP contribution is 2.34. The quantitative estimate of drug-likeness (QED) is 0.188. The molecule has 1 heterocycles. The minimum atomic E-state index is -3.98. The highest BCUT2D eigenvalue weighted by atomic mass is 32.2. The predicted octanol–water partition coefficient (Wildman–Crippen LogP) is 3.15. The van der Waals surface area contributed by atoms with Gasteiger partial charge in [-0.05, 0) is 11.6 Å². The van der Waals surface area contributed by atoms with E-state index in [2.05, 4.69) is 15.5 Å². The van der Waals surface area contributed by atoms with E-state index in [0.29, 0.717) is 10.1 Å². The lowest BCUT2D eigenvalue weighted by molar-refractivity contribution is -0.384. The molecule has 3 aromatic rings. The van der Waals surface area contributed by atoms with Crippen LogP contribution in [0.3, 0.4) is 0 Å². The first-order valence-corrected chi connectivity index (χ1v) is 12.9. The molecule has 33 heavy (non-hydrogen) atoms. The van der Waals surface area contributed by atoms with Crippen molar-refractivity contribution < 1.29 is 22.9 Å². The summed E-state index contributed by atoms with van der Waals surface area (Å²) in [5.41, 5.74) is 0.641. The highest BCUT2D eigenvalue weighted by molar-refractivity contribution is 8.00. The molecule has 174 valence electrons. The van der Waals surface area contributed by atoms with E-state index in [-0.39, 0.29) is 22.3 Å². The van der Waals surface area contributed by atoms with Crippen LogP contribution >= 0.6 is 23.1 Å². The molecule has 0 aliphatic heterocycles. The average Bonchev–Trinajstić information content (AvgIpc) is 3.22. The molecule has 0 saturated carbocycles. The molecule has 1 aromatic heterocycles. The van der Waals surface area contributed by atoms with Crippen molar-refractivity contribution in [3.63, 3.8) is 0 Å². The first kappa shape index (κ1) is 24.4. The van der Waals surface area contributed by atoms with E-state index in [9.17, 15) is 23.3 Å². The molecule has 0 spiro atoms. The summed E-state index contributed by atoms with van der Waals surface area (Å²) in [6, 6.07) is 13.3. The average molecular weight is 510 g/mol. The zero-order valence-electron chi connectivity index (χ0n) is 17.5. The topological polar surface area (TPSA) is 145 Å². The lowest BCUT2D eigenvalue weighted by Gasteiger charge is -2.23. The summed E-state index contributed by atoms with van der Waals surface area (Å²) in [6.45, 7) is -0.636. The summed E-state index contributed by atoms with van der Waals surface area (Å²) in [6.07, 6.45) is 0.891. The van der Waals surface area contributed by atoms with E-state index in [1.165, 1.54) is 31.0 Å². The molecule has 1 N–H and O–H groups in total. The molecular weight excluding hydrogens is 490 g/mol. The van der Waals surface area contributed by atoms with Gasteiger partial charge in [-0.3, -0.25) is 24.5 Å². The second kappa shape index (κ2) is 10.6. The molecule has 0 radical (unpaired) electrons. The van der Waals surface area contributed by atoms with Gasteiger partial charge < -0.3 is 4.74 Å². The Labute approximate surface area is 198 Å². The second-order valence-corrected chi connectivity index (χ2v) is 10.7. The van der Waals surface area contributed by atoms with Gasteiger partial charge in [0.15, 0.2) is 4.34 Å². The number of non-ortho nitro benzene ring substituents is 1. The number of anilines is 2. The third-order valence-electron chi connectivity index (χ3n) is 4.19. The van der Waals surface area contributed by atoms with Crippen molar-refractivity contribution in [1.29, 1.82) is 0 Å². The van der Waals surface area contributed by atoms with E-state index in [0.717, 1.165) is 33.5 Å². The number of aromatic nitrogens is 2. The summed E-state index contributed by atoms with van der Waals surface area (Å²) >= 11 is 2.60. The lowest BCUT2D eigenvalue weighted by Crippen LogP contribution is -2.37. The first-order valence-electron chi connectivity index (χ1n) is 9.27. The van der Waals surface area contributed by atoms with Gasteiger partial charge in [0.2, 0.25) is 21.1 Å². The standard InChI is InChI=1S/C19H19N5O6S3/c1-30-16-9-8-14(24(26)27)10-15(16)23(33(2,28)29)11-17(25)20-18-21-22-19(32-18)31-12-13-6-4-3-5-7-13/h3-10H,11-12H2,1-2H3,(H,20,21,25). The van der Waals surface area contributed by atoms with E-state index in [1.54, 1.807) is 0 Å². The van der Waals surface area contributed by atoms with E-state index >= 15 is 0 Å². The maximum absolute atomic E-state index is 12.6. The smallest absolute Gasteiger partial charge is 0.271 e. The van der Waals surface area contributed by atoms with Crippen molar-refractivity contribution in [2.45, 2.75) is 10.1 Å². The molecule has 0 atom stereocenters. The van der Waals surface area contributed by atoms with Gasteiger partial charge in [0.25, 0.3) is 5.69 Å². The van der Waals surface area contributed by atoms with Gasteiger partial charge in [0, 0.05) is 17.9 Å². The number of nitrogens with one attached hydrogen (secondary N) is 1. The minimum absolute atomic E-state index is 0.0642. The number of hydrogen-bond acceptors (Lipinski definition) is 10. The first-order chi connectivity index (χ1) is 15.7. The number of rotatable bonds is 10. The van der Waals surface area contributed by atoms with Crippen LogP contribution in [0.4, 0.5) is 16.5 Å². The zero-order valence-corrected chi connectivity index (χ0v) is 19.9. The Morgan fingerprint density at radius 3 is 2.61 bits per heavy atom.